The van der Waals surface area contributed by atoms with Crippen molar-refractivity contribution in [3.63, 3.8) is 0 Å². The number of para-hydroxylation sites is 1. The molecular weight excluding hydrogens is 226 g/mol. The number of rotatable bonds is 1. The Morgan fingerprint density at radius 1 is 1.44 bits per heavy atom. The average Bonchev–Trinajstić information content (AvgIpc) is 2.68. The van der Waals surface area contributed by atoms with Gasteiger partial charge < -0.3 is 15.0 Å². The van der Waals surface area contributed by atoms with Crippen molar-refractivity contribution >= 4 is 17.0 Å². The fourth-order valence-corrected chi connectivity index (χ4v) is 2.95. The largest absolute Gasteiger partial charge is 0.379 e. The summed E-state index contributed by atoms with van der Waals surface area (Å²) in [6, 6.07) is 6.14. The van der Waals surface area contributed by atoms with Crippen molar-refractivity contribution in [2.45, 2.75) is 32.2 Å². The van der Waals surface area contributed by atoms with Crippen LogP contribution in [0.1, 0.15) is 25.3 Å². The molecule has 0 amide bonds. The summed E-state index contributed by atoms with van der Waals surface area (Å²) in [5, 5.41) is 0. The number of anilines is 1. The molecule has 0 saturated carbocycles. The zero-order chi connectivity index (χ0) is 12.8. The van der Waals surface area contributed by atoms with Gasteiger partial charge in [0.1, 0.15) is 0 Å². The van der Waals surface area contributed by atoms with Crippen LogP contribution in [-0.4, -0.2) is 22.8 Å². The molecule has 1 fully saturated rings. The number of aryl methyl sites for hydroxylation is 1. The molecular formula is C14H19N3O. The lowest BCUT2D eigenvalue weighted by Crippen LogP contribution is -2.39. The lowest BCUT2D eigenvalue weighted by atomic mass is 9.94. The molecule has 1 aromatic heterocycles. The fourth-order valence-electron chi connectivity index (χ4n) is 2.95. The molecule has 0 aliphatic carbocycles. The number of imidazole rings is 1. The molecule has 1 aliphatic rings. The van der Waals surface area contributed by atoms with E-state index in [4.69, 9.17) is 10.5 Å². The molecule has 2 heterocycles. The molecule has 1 aromatic carbocycles. The molecule has 96 valence electrons. The number of nitrogens with zero attached hydrogens (tertiary/aromatic N) is 2. The van der Waals surface area contributed by atoms with Crippen LogP contribution in [0, 0.1) is 6.92 Å². The van der Waals surface area contributed by atoms with Crippen LogP contribution in [0.4, 0.5) is 5.95 Å². The van der Waals surface area contributed by atoms with E-state index in [1.807, 2.05) is 12.1 Å². The van der Waals surface area contributed by atoms with E-state index in [2.05, 4.69) is 29.5 Å². The zero-order valence-corrected chi connectivity index (χ0v) is 10.9. The predicted octanol–water partition coefficient (Wildman–Crippen LogP) is 2.45. The first-order valence-corrected chi connectivity index (χ1v) is 6.44. The number of aromatic nitrogens is 2. The van der Waals surface area contributed by atoms with Gasteiger partial charge in [0.15, 0.2) is 0 Å². The second-order valence-corrected chi connectivity index (χ2v) is 5.40. The van der Waals surface area contributed by atoms with Crippen LogP contribution < -0.4 is 5.73 Å². The molecule has 18 heavy (non-hydrogen) atoms. The molecule has 1 unspecified atom stereocenters. The first kappa shape index (κ1) is 11.5. The summed E-state index contributed by atoms with van der Waals surface area (Å²) in [5.74, 6) is 0.590. The Kier molecular flexibility index (Phi) is 2.55. The van der Waals surface area contributed by atoms with E-state index in [9.17, 15) is 0 Å². The fraction of sp³-hybridized carbons (Fsp3) is 0.500. The summed E-state index contributed by atoms with van der Waals surface area (Å²) in [5.41, 5.74) is 9.38. The van der Waals surface area contributed by atoms with Crippen LogP contribution in [0.25, 0.3) is 11.0 Å². The molecule has 1 atom stereocenters. The third kappa shape index (κ3) is 1.60. The lowest BCUT2D eigenvalue weighted by molar-refractivity contribution is 0.0124. The number of nitrogens with two attached hydrogens (primary N) is 1. The number of hydrogen-bond acceptors (Lipinski definition) is 3. The maximum atomic E-state index is 6.13. The average molecular weight is 245 g/mol. The highest BCUT2D eigenvalue weighted by atomic mass is 16.5. The van der Waals surface area contributed by atoms with E-state index >= 15 is 0 Å². The van der Waals surface area contributed by atoms with E-state index in [0.717, 1.165) is 30.5 Å². The Morgan fingerprint density at radius 2 is 2.28 bits per heavy atom. The Labute approximate surface area is 107 Å². The summed E-state index contributed by atoms with van der Waals surface area (Å²) in [6.07, 6.45) is 2.15. The number of hydrogen-bond donors (Lipinski definition) is 1. The molecule has 0 spiro atoms. The van der Waals surface area contributed by atoms with Crippen LogP contribution in [0.3, 0.4) is 0 Å². The third-order valence-corrected chi connectivity index (χ3v) is 3.86. The van der Waals surface area contributed by atoms with E-state index in [0.29, 0.717) is 12.6 Å². The van der Waals surface area contributed by atoms with Crippen molar-refractivity contribution in [3.8, 4) is 0 Å². The zero-order valence-electron chi connectivity index (χ0n) is 10.9. The maximum absolute atomic E-state index is 6.13. The van der Waals surface area contributed by atoms with E-state index in [-0.39, 0.29) is 5.54 Å². The molecule has 1 saturated heterocycles. The van der Waals surface area contributed by atoms with Crippen LogP contribution in [-0.2, 0) is 10.3 Å². The summed E-state index contributed by atoms with van der Waals surface area (Å²) < 4.78 is 7.81. The van der Waals surface area contributed by atoms with Gasteiger partial charge in [0.25, 0.3) is 0 Å². The molecule has 3 rings (SSSR count). The first-order valence-electron chi connectivity index (χ1n) is 6.44. The minimum Gasteiger partial charge on any atom is -0.379 e. The topological polar surface area (TPSA) is 53.1 Å². The second kappa shape index (κ2) is 3.99. The van der Waals surface area contributed by atoms with E-state index in [1.54, 1.807) is 0 Å². The van der Waals surface area contributed by atoms with Crippen LogP contribution in [0.15, 0.2) is 18.2 Å². The molecule has 2 N–H and O–H groups in total. The Morgan fingerprint density at radius 3 is 3.00 bits per heavy atom. The number of ether oxygens (including phenoxy) is 1. The third-order valence-electron chi connectivity index (χ3n) is 3.86. The molecule has 4 heteroatoms. The molecule has 1 aliphatic heterocycles. The second-order valence-electron chi connectivity index (χ2n) is 5.40. The SMILES string of the molecule is Cc1cccc2nc(N)n(C3(C)CCCOC3)c12. The van der Waals surface area contributed by atoms with Gasteiger partial charge in [-0.15, -0.1) is 0 Å². The van der Waals surface area contributed by atoms with Crippen molar-refractivity contribution in [2.75, 3.05) is 18.9 Å². The van der Waals surface area contributed by atoms with Gasteiger partial charge in [-0.2, -0.15) is 0 Å². The van der Waals surface area contributed by atoms with Crippen LogP contribution >= 0.6 is 0 Å². The van der Waals surface area contributed by atoms with Crippen molar-refractivity contribution in [1.82, 2.24) is 9.55 Å². The Hall–Kier alpha value is -1.55. The van der Waals surface area contributed by atoms with Crippen molar-refractivity contribution < 1.29 is 4.74 Å². The van der Waals surface area contributed by atoms with Crippen molar-refractivity contribution in [1.29, 1.82) is 0 Å². The van der Waals surface area contributed by atoms with Crippen molar-refractivity contribution in [2.24, 2.45) is 0 Å². The Bertz CT molecular complexity index is 582. The lowest BCUT2D eigenvalue weighted by Gasteiger charge is -2.36. The van der Waals surface area contributed by atoms with Crippen LogP contribution in [0.2, 0.25) is 0 Å². The number of benzene rings is 1. The normalized spacial score (nSPS) is 24.6. The standard InChI is InChI=1S/C14H19N3O/c1-10-5-3-6-11-12(10)17(13(15)16-11)14(2)7-4-8-18-9-14/h3,5-6H,4,7-9H2,1-2H3,(H2,15,16). The van der Waals surface area contributed by atoms with Gasteiger partial charge in [0.05, 0.1) is 23.2 Å². The van der Waals surface area contributed by atoms with Gasteiger partial charge >= 0.3 is 0 Å². The molecule has 0 radical (unpaired) electrons. The van der Waals surface area contributed by atoms with Crippen LogP contribution in [0.5, 0.6) is 0 Å². The molecule has 0 bridgehead atoms. The molecule has 4 nitrogen and oxygen atoms in total. The molecule has 2 aromatic rings. The number of fused-ring (bicyclic) bond motifs is 1. The minimum absolute atomic E-state index is 0.0802. The van der Waals surface area contributed by atoms with Gasteiger partial charge in [-0.25, -0.2) is 4.98 Å². The minimum atomic E-state index is -0.0802. The summed E-state index contributed by atoms with van der Waals surface area (Å²) >= 11 is 0. The highest BCUT2D eigenvalue weighted by Crippen LogP contribution is 2.34. The summed E-state index contributed by atoms with van der Waals surface area (Å²) in [7, 11) is 0. The first-order chi connectivity index (χ1) is 8.62. The maximum Gasteiger partial charge on any atom is 0.201 e. The number of nitrogen functional groups attached to an aromatic ring is 1. The van der Waals surface area contributed by atoms with E-state index < -0.39 is 0 Å². The quantitative estimate of drug-likeness (QED) is 0.839. The Balaban J connectivity index is 2.24. The van der Waals surface area contributed by atoms with Gasteiger partial charge in [-0.1, -0.05) is 12.1 Å². The van der Waals surface area contributed by atoms with E-state index in [1.165, 1.54) is 5.56 Å². The summed E-state index contributed by atoms with van der Waals surface area (Å²) in [4.78, 5) is 4.48. The smallest absolute Gasteiger partial charge is 0.201 e. The van der Waals surface area contributed by atoms with Crippen molar-refractivity contribution in [3.05, 3.63) is 23.8 Å². The van der Waals surface area contributed by atoms with Gasteiger partial charge in [0.2, 0.25) is 5.95 Å². The highest BCUT2D eigenvalue weighted by Gasteiger charge is 2.33. The monoisotopic (exact) mass is 245 g/mol. The summed E-state index contributed by atoms with van der Waals surface area (Å²) in [6.45, 7) is 5.86. The van der Waals surface area contributed by atoms with Gasteiger partial charge in [-0.3, -0.25) is 0 Å². The highest BCUT2D eigenvalue weighted by molar-refractivity contribution is 5.82. The predicted molar refractivity (Wildman–Crippen MR) is 72.6 cm³/mol. The van der Waals surface area contributed by atoms with Gasteiger partial charge in [0, 0.05) is 6.61 Å². The van der Waals surface area contributed by atoms with Gasteiger partial charge in [-0.05, 0) is 38.3 Å².